The molecule has 3 rings (SSSR count). The normalized spacial score (nSPS) is 18.4. The topological polar surface area (TPSA) is 61.9 Å². The third-order valence-electron chi connectivity index (χ3n) is 6.22. The number of hydrogen-bond acceptors (Lipinski definition) is 4. The number of hydrogen-bond donors (Lipinski definition) is 1. The fraction of sp³-hybridized carbons (Fsp3) is 0.462. The zero-order valence-electron chi connectivity index (χ0n) is 20.9. The van der Waals surface area contributed by atoms with Crippen LogP contribution in [-0.4, -0.2) is 67.7 Å². The first kappa shape index (κ1) is 29.3. The Bertz CT molecular complexity index is 1070. The number of benzene rings is 2. The number of ether oxygens (including phenoxy) is 1. The van der Waals surface area contributed by atoms with E-state index < -0.39 is 53.1 Å². The second-order valence-electron chi connectivity index (χ2n) is 9.44. The van der Waals surface area contributed by atoms with Crippen molar-refractivity contribution >= 4 is 12.0 Å². The van der Waals surface area contributed by atoms with E-state index in [1.54, 1.807) is 30.3 Å². The largest absolute Gasteiger partial charge is 0.448 e. The second kappa shape index (κ2) is 12.1. The van der Waals surface area contributed by atoms with Gasteiger partial charge < -0.3 is 19.9 Å². The fourth-order valence-electron chi connectivity index (χ4n) is 4.30. The van der Waals surface area contributed by atoms with Crippen LogP contribution in [0.2, 0.25) is 0 Å². The van der Waals surface area contributed by atoms with Gasteiger partial charge in [-0.2, -0.15) is 26.3 Å². The highest BCUT2D eigenvalue weighted by Crippen LogP contribution is 2.37. The molecule has 0 radical (unpaired) electrons. The van der Waals surface area contributed by atoms with E-state index in [-0.39, 0.29) is 32.1 Å². The lowest BCUT2D eigenvalue weighted by Gasteiger charge is -2.40. The molecule has 1 fully saturated rings. The number of amides is 2. The molecule has 0 bridgehead atoms. The van der Waals surface area contributed by atoms with Crippen molar-refractivity contribution in [3.05, 3.63) is 70.8 Å². The van der Waals surface area contributed by atoms with E-state index in [1.807, 2.05) is 19.0 Å². The molecule has 2 amide bonds. The molecule has 1 N–H and O–H groups in total. The Kier molecular flexibility index (Phi) is 9.29. The van der Waals surface area contributed by atoms with E-state index in [0.29, 0.717) is 25.1 Å². The van der Waals surface area contributed by atoms with Gasteiger partial charge in [-0.25, -0.2) is 4.79 Å². The number of piperidine rings is 1. The quantitative estimate of drug-likeness (QED) is 0.485. The third-order valence-corrected chi connectivity index (χ3v) is 6.22. The first-order chi connectivity index (χ1) is 17.7. The summed E-state index contributed by atoms with van der Waals surface area (Å²) in [6.45, 7) is 0.713. The van der Waals surface area contributed by atoms with Gasteiger partial charge in [0.2, 0.25) is 0 Å². The van der Waals surface area contributed by atoms with Crippen LogP contribution in [-0.2, 0) is 23.5 Å². The predicted octanol–water partition coefficient (Wildman–Crippen LogP) is 5.23. The molecule has 0 spiro atoms. The molecular formula is C26H29F6N3O3. The Hall–Kier alpha value is -3.28. The zero-order valence-corrected chi connectivity index (χ0v) is 20.9. The standard InChI is InChI=1S/C26H29F6N3O3/c1-34(2)10-11-38-24(37)33-21-8-9-35(22(16-21)12-17-6-4-3-5-7-17)23(36)18-13-19(25(27,28)29)15-20(14-18)26(30,31)32/h3-7,13-15,21-22H,8-12,16H2,1-2H3,(H,33,37)/t21-,22+/m0/s1. The molecule has 0 saturated carbocycles. The van der Waals surface area contributed by atoms with Crippen molar-refractivity contribution in [3.63, 3.8) is 0 Å². The number of halogens is 6. The van der Waals surface area contributed by atoms with Crippen LogP contribution in [0.4, 0.5) is 31.1 Å². The van der Waals surface area contributed by atoms with Gasteiger partial charge in [0.15, 0.2) is 0 Å². The minimum Gasteiger partial charge on any atom is -0.448 e. The van der Waals surface area contributed by atoms with E-state index >= 15 is 0 Å². The lowest BCUT2D eigenvalue weighted by atomic mass is 9.91. The van der Waals surface area contributed by atoms with Crippen molar-refractivity contribution < 1.29 is 40.7 Å². The van der Waals surface area contributed by atoms with Crippen LogP contribution < -0.4 is 5.32 Å². The van der Waals surface area contributed by atoms with Crippen molar-refractivity contribution in [2.75, 3.05) is 33.8 Å². The summed E-state index contributed by atoms with van der Waals surface area (Å²) in [5.74, 6) is -0.936. The van der Waals surface area contributed by atoms with Gasteiger partial charge in [0.05, 0.1) is 11.1 Å². The van der Waals surface area contributed by atoms with E-state index in [2.05, 4.69) is 5.32 Å². The first-order valence-corrected chi connectivity index (χ1v) is 12.0. The monoisotopic (exact) mass is 545 g/mol. The molecule has 2 atom stereocenters. The van der Waals surface area contributed by atoms with Gasteiger partial charge in [-0.15, -0.1) is 0 Å². The number of nitrogens with zero attached hydrogens (tertiary/aromatic N) is 2. The maximum atomic E-state index is 13.4. The van der Waals surface area contributed by atoms with E-state index in [0.717, 1.165) is 5.56 Å². The van der Waals surface area contributed by atoms with Gasteiger partial charge in [0.25, 0.3) is 5.91 Å². The molecule has 2 aromatic carbocycles. The number of nitrogens with one attached hydrogen (secondary N) is 1. The van der Waals surface area contributed by atoms with Crippen molar-refractivity contribution in [2.24, 2.45) is 0 Å². The zero-order chi connectivity index (χ0) is 28.1. The van der Waals surface area contributed by atoms with E-state index in [9.17, 15) is 35.9 Å². The summed E-state index contributed by atoms with van der Waals surface area (Å²) in [5, 5.41) is 2.75. The predicted molar refractivity (Wildman–Crippen MR) is 127 cm³/mol. The molecule has 1 saturated heterocycles. The molecule has 0 unspecified atom stereocenters. The molecular weight excluding hydrogens is 516 g/mol. The van der Waals surface area contributed by atoms with Gasteiger partial charge >= 0.3 is 18.4 Å². The Morgan fingerprint density at radius 2 is 1.61 bits per heavy atom. The highest BCUT2D eigenvalue weighted by molar-refractivity contribution is 5.95. The SMILES string of the molecule is CN(C)CCOC(=O)N[C@H]1CCN(C(=O)c2cc(C(F)(F)F)cc(C(F)(F)F)c2)[C@H](Cc2ccccc2)C1. The Morgan fingerprint density at radius 3 is 2.16 bits per heavy atom. The van der Waals surface area contributed by atoms with Gasteiger partial charge in [0, 0.05) is 30.7 Å². The van der Waals surface area contributed by atoms with Crippen molar-refractivity contribution in [3.8, 4) is 0 Å². The van der Waals surface area contributed by atoms with Crippen molar-refractivity contribution in [2.45, 2.75) is 43.7 Å². The number of carbonyl (C=O) groups is 2. The molecule has 1 aliphatic rings. The minimum absolute atomic E-state index is 0.00367. The van der Waals surface area contributed by atoms with Gasteiger partial charge in [-0.05, 0) is 57.1 Å². The molecule has 2 aromatic rings. The molecule has 6 nitrogen and oxygen atoms in total. The van der Waals surface area contributed by atoms with Crippen LogP contribution in [0.3, 0.4) is 0 Å². The minimum atomic E-state index is -5.07. The highest BCUT2D eigenvalue weighted by Gasteiger charge is 2.39. The van der Waals surface area contributed by atoms with Crippen molar-refractivity contribution in [1.29, 1.82) is 0 Å². The fourth-order valence-corrected chi connectivity index (χ4v) is 4.30. The molecule has 38 heavy (non-hydrogen) atoms. The number of likely N-dealkylation sites (N-methyl/N-ethyl adjacent to an activating group) is 1. The average Bonchev–Trinajstić information content (AvgIpc) is 2.83. The molecule has 1 heterocycles. The van der Waals surface area contributed by atoms with Crippen LogP contribution in [0.25, 0.3) is 0 Å². The molecule has 0 aromatic heterocycles. The summed E-state index contributed by atoms with van der Waals surface area (Å²) >= 11 is 0. The summed E-state index contributed by atoms with van der Waals surface area (Å²) < 4.78 is 85.3. The summed E-state index contributed by atoms with van der Waals surface area (Å²) in [4.78, 5) is 28.7. The number of carbonyl (C=O) groups excluding carboxylic acids is 2. The maximum Gasteiger partial charge on any atom is 0.416 e. The number of alkyl carbamates (subject to hydrolysis) is 1. The molecule has 208 valence electrons. The first-order valence-electron chi connectivity index (χ1n) is 12.0. The van der Waals surface area contributed by atoms with Crippen LogP contribution >= 0.6 is 0 Å². The van der Waals surface area contributed by atoms with Crippen LogP contribution in [0.15, 0.2) is 48.5 Å². The average molecular weight is 546 g/mol. The number of alkyl halides is 6. The van der Waals surface area contributed by atoms with Crippen LogP contribution in [0.1, 0.15) is 39.9 Å². The molecule has 12 heteroatoms. The van der Waals surface area contributed by atoms with Gasteiger partial charge in [-0.3, -0.25) is 4.79 Å². The maximum absolute atomic E-state index is 13.4. The second-order valence-corrected chi connectivity index (χ2v) is 9.44. The lowest BCUT2D eigenvalue weighted by Crippen LogP contribution is -2.53. The summed E-state index contributed by atoms with van der Waals surface area (Å²) in [5.41, 5.74) is -2.97. The number of likely N-dealkylation sites (tertiary alicyclic amines) is 1. The lowest BCUT2D eigenvalue weighted by molar-refractivity contribution is -0.143. The highest BCUT2D eigenvalue weighted by atomic mass is 19.4. The summed E-state index contributed by atoms with van der Waals surface area (Å²) in [6, 6.07) is 8.88. The number of rotatable bonds is 7. The van der Waals surface area contributed by atoms with Crippen LogP contribution in [0, 0.1) is 0 Å². The van der Waals surface area contributed by atoms with Crippen molar-refractivity contribution in [1.82, 2.24) is 15.1 Å². The summed E-state index contributed by atoms with van der Waals surface area (Å²) in [6.07, 6.45) is -9.97. The van der Waals surface area contributed by atoms with E-state index in [1.165, 1.54) is 4.90 Å². The van der Waals surface area contributed by atoms with E-state index in [4.69, 9.17) is 4.74 Å². The summed E-state index contributed by atoms with van der Waals surface area (Å²) in [7, 11) is 3.65. The Labute approximate surface area is 216 Å². The molecule has 1 aliphatic heterocycles. The Balaban J connectivity index is 1.85. The van der Waals surface area contributed by atoms with Crippen LogP contribution in [0.5, 0.6) is 0 Å². The van der Waals surface area contributed by atoms with Gasteiger partial charge in [-0.1, -0.05) is 30.3 Å². The van der Waals surface area contributed by atoms with Gasteiger partial charge in [0.1, 0.15) is 6.61 Å². The Morgan fingerprint density at radius 1 is 1.00 bits per heavy atom. The third kappa shape index (κ3) is 8.11. The smallest absolute Gasteiger partial charge is 0.416 e. The molecule has 0 aliphatic carbocycles.